The smallest absolute Gasteiger partial charge is 0.107 e. The topological polar surface area (TPSA) is 37.4 Å². The third-order valence-corrected chi connectivity index (χ3v) is 4.49. The first-order chi connectivity index (χ1) is 8.72. The van der Waals surface area contributed by atoms with Gasteiger partial charge >= 0.3 is 0 Å². The minimum atomic E-state index is 0.370. The van der Waals surface area contributed by atoms with Gasteiger partial charge in [0, 0.05) is 32.1 Å². The molecule has 0 amide bonds. The van der Waals surface area contributed by atoms with Crippen molar-refractivity contribution in [3.63, 3.8) is 0 Å². The maximum atomic E-state index is 5.55. The molecule has 18 heavy (non-hydrogen) atoms. The molecule has 2 atom stereocenters. The van der Waals surface area contributed by atoms with Crippen LogP contribution in [0.25, 0.3) is 0 Å². The van der Waals surface area contributed by atoms with Gasteiger partial charge in [-0.05, 0) is 25.9 Å². The quantitative estimate of drug-likeness (QED) is 0.883. The lowest BCUT2D eigenvalue weighted by Gasteiger charge is -2.35. The van der Waals surface area contributed by atoms with Crippen LogP contribution in [0.15, 0.2) is 5.38 Å². The molecule has 1 aliphatic rings. The SMILES string of the molecule is CNCc1nc(CN2CCC(C)C(OC)C2)cs1. The lowest BCUT2D eigenvalue weighted by molar-refractivity contribution is -0.00774. The van der Waals surface area contributed by atoms with Gasteiger partial charge in [-0.15, -0.1) is 11.3 Å². The largest absolute Gasteiger partial charge is 0.380 e. The molecule has 0 aliphatic carbocycles. The Kier molecular flexibility index (Phi) is 5.12. The third kappa shape index (κ3) is 3.51. The molecule has 1 aromatic rings. The van der Waals surface area contributed by atoms with Crippen molar-refractivity contribution in [2.24, 2.45) is 5.92 Å². The average Bonchev–Trinajstić information content (AvgIpc) is 2.80. The summed E-state index contributed by atoms with van der Waals surface area (Å²) in [6.45, 7) is 6.27. The van der Waals surface area contributed by atoms with E-state index in [-0.39, 0.29) is 0 Å². The maximum Gasteiger partial charge on any atom is 0.107 e. The number of thiazole rings is 1. The zero-order chi connectivity index (χ0) is 13.0. The van der Waals surface area contributed by atoms with Crippen molar-refractivity contribution in [1.29, 1.82) is 0 Å². The van der Waals surface area contributed by atoms with E-state index >= 15 is 0 Å². The molecule has 102 valence electrons. The van der Waals surface area contributed by atoms with Gasteiger partial charge in [0.15, 0.2) is 0 Å². The monoisotopic (exact) mass is 269 g/mol. The predicted molar refractivity (Wildman–Crippen MR) is 74.7 cm³/mol. The Morgan fingerprint density at radius 2 is 2.44 bits per heavy atom. The molecule has 5 heteroatoms. The van der Waals surface area contributed by atoms with Crippen molar-refractivity contribution in [2.45, 2.75) is 32.5 Å². The van der Waals surface area contributed by atoms with Crippen molar-refractivity contribution < 1.29 is 4.74 Å². The number of rotatable bonds is 5. The van der Waals surface area contributed by atoms with Gasteiger partial charge in [-0.25, -0.2) is 4.98 Å². The Morgan fingerprint density at radius 3 is 3.17 bits per heavy atom. The predicted octanol–water partition coefficient (Wildman–Crippen LogP) is 1.72. The fraction of sp³-hybridized carbons (Fsp3) is 0.769. The van der Waals surface area contributed by atoms with Crippen molar-refractivity contribution in [1.82, 2.24) is 15.2 Å². The molecule has 2 heterocycles. The van der Waals surface area contributed by atoms with Gasteiger partial charge in [-0.3, -0.25) is 4.90 Å². The summed E-state index contributed by atoms with van der Waals surface area (Å²) in [5.41, 5.74) is 1.19. The first-order valence-electron chi connectivity index (χ1n) is 6.56. The lowest BCUT2D eigenvalue weighted by Crippen LogP contribution is -2.43. The highest BCUT2D eigenvalue weighted by molar-refractivity contribution is 7.09. The number of likely N-dealkylation sites (tertiary alicyclic amines) is 1. The molecule has 4 nitrogen and oxygen atoms in total. The summed E-state index contributed by atoms with van der Waals surface area (Å²) in [6.07, 6.45) is 1.58. The number of hydrogen-bond acceptors (Lipinski definition) is 5. The highest BCUT2D eigenvalue weighted by atomic mass is 32.1. The van der Waals surface area contributed by atoms with Crippen LogP contribution in [0.2, 0.25) is 0 Å². The number of methoxy groups -OCH3 is 1. The van der Waals surface area contributed by atoms with E-state index in [1.165, 1.54) is 17.1 Å². The minimum Gasteiger partial charge on any atom is -0.380 e. The number of hydrogen-bond donors (Lipinski definition) is 1. The highest BCUT2D eigenvalue weighted by Gasteiger charge is 2.26. The van der Waals surface area contributed by atoms with E-state index in [2.05, 4.69) is 27.5 Å². The molecule has 1 N–H and O–H groups in total. The second kappa shape index (κ2) is 6.61. The Labute approximate surface area is 113 Å². The molecule has 1 aliphatic heterocycles. The fourth-order valence-electron chi connectivity index (χ4n) is 2.43. The Bertz CT molecular complexity index is 369. The normalized spacial score (nSPS) is 25.5. The van der Waals surface area contributed by atoms with Gasteiger partial charge < -0.3 is 10.1 Å². The second-order valence-electron chi connectivity index (χ2n) is 5.04. The molecular weight excluding hydrogens is 246 g/mol. The van der Waals surface area contributed by atoms with E-state index in [0.717, 1.165) is 26.2 Å². The van der Waals surface area contributed by atoms with Crippen molar-refractivity contribution in [2.75, 3.05) is 27.2 Å². The summed E-state index contributed by atoms with van der Waals surface area (Å²) in [5, 5.41) is 6.48. The second-order valence-corrected chi connectivity index (χ2v) is 5.98. The van der Waals surface area contributed by atoms with Crippen LogP contribution in [0.1, 0.15) is 24.0 Å². The Balaban J connectivity index is 1.88. The van der Waals surface area contributed by atoms with Crippen LogP contribution in [0, 0.1) is 5.92 Å². The molecule has 2 rings (SSSR count). The fourth-order valence-corrected chi connectivity index (χ4v) is 3.23. The van der Waals surface area contributed by atoms with E-state index in [1.807, 2.05) is 14.2 Å². The van der Waals surface area contributed by atoms with Crippen LogP contribution < -0.4 is 5.32 Å². The molecule has 0 radical (unpaired) electrons. The van der Waals surface area contributed by atoms with Crippen molar-refractivity contribution >= 4 is 11.3 Å². The first-order valence-corrected chi connectivity index (χ1v) is 7.44. The summed E-state index contributed by atoms with van der Waals surface area (Å²) in [6, 6.07) is 0. The summed E-state index contributed by atoms with van der Waals surface area (Å²) in [4.78, 5) is 7.09. The molecule has 0 spiro atoms. The van der Waals surface area contributed by atoms with Crippen LogP contribution in [-0.2, 0) is 17.8 Å². The molecule has 0 aromatic carbocycles. The highest BCUT2D eigenvalue weighted by Crippen LogP contribution is 2.21. The van der Waals surface area contributed by atoms with Gasteiger partial charge in [0.2, 0.25) is 0 Å². The van der Waals surface area contributed by atoms with Gasteiger partial charge in [0.05, 0.1) is 11.8 Å². The summed E-state index contributed by atoms with van der Waals surface area (Å²) < 4.78 is 5.55. The number of nitrogens with zero attached hydrogens (tertiary/aromatic N) is 2. The van der Waals surface area contributed by atoms with Crippen LogP contribution >= 0.6 is 11.3 Å². The molecule has 0 bridgehead atoms. The molecule has 1 aromatic heterocycles. The first kappa shape index (κ1) is 13.9. The van der Waals surface area contributed by atoms with Gasteiger partial charge in [-0.1, -0.05) is 6.92 Å². The summed E-state index contributed by atoms with van der Waals surface area (Å²) in [7, 11) is 3.77. The standard InChI is InChI=1S/C13H23N3OS/c1-10-4-5-16(8-12(10)17-3)7-11-9-18-13(15-11)6-14-2/h9-10,12,14H,4-8H2,1-3H3. The zero-order valence-electron chi connectivity index (χ0n) is 11.5. The Hall–Kier alpha value is -0.490. The van der Waals surface area contributed by atoms with Crippen LogP contribution in [0.3, 0.4) is 0 Å². The third-order valence-electron chi connectivity index (χ3n) is 3.59. The molecule has 1 fully saturated rings. The van der Waals surface area contributed by atoms with E-state index in [4.69, 9.17) is 4.74 Å². The van der Waals surface area contributed by atoms with Crippen molar-refractivity contribution in [3.8, 4) is 0 Å². The van der Waals surface area contributed by atoms with E-state index in [9.17, 15) is 0 Å². The van der Waals surface area contributed by atoms with Crippen LogP contribution in [-0.4, -0.2) is 43.2 Å². The number of aromatic nitrogens is 1. The number of ether oxygens (including phenoxy) is 1. The molecular formula is C13H23N3OS. The average molecular weight is 269 g/mol. The number of nitrogens with one attached hydrogen (secondary N) is 1. The maximum absolute atomic E-state index is 5.55. The van der Waals surface area contributed by atoms with Gasteiger partial charge in [-0.2, -0.15) is 0 Å². The molecule has 0 saturated carbocycles. The van der Waals surface area contributed by atoms with Gasteiger partial charge in [0.1, 0.15) is 5.01 Å². The molecule has 1 saturated heterocycles. The van der Waals surface area contributed by atoms with E-state index in [0.29, 0.717) is 12.0 Å². The van der Waals surface area contributed by atoms with Gasteiger partial charge in [0.25, 0.3) is 0 Å². The Morgan fingerprint density at radius 1 is 1.61 bits per heavy atom. The summed E-state index contributed by atoms with van der Waals surface area (Å²) in [5.74, 6) is 0.668. The van der Waals surface area contributed by atoms with Crippen LogP contribution in [0.4, 0.5) is 0 Å². The van der Waals surface area contributed by atoms with E-state index < -0.39 is 0 Å². The minimum absolute atomic E-state index is 0.370. The lowest BCUT2D eigenvalue weighted by atomic mass is 9.96. The summed E-state index contributed by atoms with van der Waals surface area (Å²) >= 11 is 1.74. The van der Waals surface area contributed by atoms with E-state index in [1.54, 1.807) is 11.3 Å². The van der Waals surface area contributed by atoms with Crippen LogP contribution in [0.5, 0.6) is 0 Å². The molecule has 2 unspecified atom stereocenters. The zero-order valence-corrected chi connectivity index (χ0v) is 12.3. The van der Waals surface area contributed by atoms with Crippen molar-refractivity contribution in [3.05, 3.63) is 16.1 Å². The number of piperidine rings is 1.